The van der Waals surface area contributed by atoms with Gasteiger partial charge in [0.15, 0.2) is 10.8 Å². The highest BCUT2D eigenvalue weighted by molar-refractivity contribution is 7.14. The summed E-state index contributed by atoms with van der Waals surface area (Å²) in [6.07, 6.45) is 0. The Hall–Kier alpha value is -1.20. The second-order valence-corrected chi connectivity index (χ2v) is 3.68. The lowest BCUT2D eigenvalue weighted by Crippen LogP contribution is -1.94. The summed E-state index contributed by atoms with van der Waals surface area (Å²) in [5.74, 6) is 1.63. The Balaban J connectivity index is 2.35. The first-order chi connectivity index (χ1) is 6.29. The van der Waals surface area contributed by atoms with E-state index < -0.39 is 0 Å². The number of furan rings is 1. The van der Waals surface area contributed by atoms with Gasteiger partial charge in [0.25, 0.3) is 0 Å². The third kappa shape index (κ3) is 1.61. The first-order valence-electron chi connectivity index (χ1n) is 3.89. The molecule has 4 nitrogen and oxygen atoms in total. The number of nitrogens with two attached hydrogens (primary N) is 1. The van der Waals surface area contributed by atoms with E-state index in [2.05, 4.69) is 10.2 Å². The molecule has 0 amide bonds. The Morgan fingerprint density at radius 1 is 1.46 bits per heavy atom. The van der Waals surface area contributed by atoms with E-state index in [0.29, 0.717) is 6.54 Å². The SMILES string of the molecule is Cc1ccc(-c2nnc(CN)s2)o1. The second kappa shape index (κ2) is 3.27. The van der Waals surface area contributed by atoms with Gasteiger partial charge in [-0.2, -0.15) is 0 Å². The van der Waals surface area contributed by atoms with E-state index in [1.807, 2.05) is 19.1 Å². The van der Waals surface area contributed by atoms with E-state index in [0.717, 1.165) is 21.5 Å². The van der Waals surface area contributed by atoms with Gasteiger partial charge in [0.05, 0.1) is 0 Å². The molecule has 0 saturated heterocycles. The fourth-order valence-electron chi connectivity index (χ4n) is 0.985. The second-order valence-electron chi connectivity index (χ2n) is 2.62. The minimum Gasteiger partial charge on any atom is -0.459 e. The lowest BCUT2D eigenvalue weighted by molar-refractivity contribution is 0.547. The van der Waals surface area contributed by atoms with E-state index in [-0.39, 0.29) is 0 Å². The third-order valence-electron chi connectivity index (χ3n) is 1.59. The number of rotatable bonds is 2. The molecule has 0 fully saturated rings. The minimum atomic E-state index is 0.428. The van der Waals surface area contributed by atoms with Gasteiger partial charge in [-0.25, -0.2) is 0 Å². The van der Waals surface area contributed by atoms with Crippen LogP contribution in [-0.4, -0.2) is 10.2 Å². The lowest BCUT2D eigenvalue weighted by atomic mass is 10.4. The Labute approximate surface area is 79.4 Å². The van der Waals surface area contributed by atoms with Crippen LogP contribution in [0.3, 0.4) is 0 Å². The van der Waals surface area contributed by atoms with Crippen LogP contribution in [0.1, 0.15) is 10.8 Å². The van der Waals surface area contributed by atoms with Gasteiger partial charge >= 0.3 is 0 Å². The van der Waals surface area contributed by atoms with Crippen molar-refractivity contribution in [3.63, 3.8) is 0 Å². The summed E-state index contributed by atoms with van der Waals surface area (Å²) in [6, 6.07) is 3.79. The smallest absolute Gasteiger partial charge is 0.183 e. The molecular formula is C8H9N3OS. The first-order valence-corrected chi connectivity index (χ1v) is 4.70. The van der Waals surface area contributed by atoms with Crippen LogP contribution in [0.5, 0.6) is 0 Å². The van der Waals surface area contributed by atoms with E-state index in [9.17, 15) is 0 Å². The van der Waals surface area contributed by atoms with Crippen LogP contribution >= 0.6 is 11.3 Å². The maximum Gasteiger partial charge on any atom is 0.183 e. The molecule has 0 unspecified atom stereocenters. The van der Waals surface area contributed by atoms with Crippen molar-refractivity contribution in [2.24, 2.45) is 5.73 Å². The number of hydrogen-bond donors (Lipinski definition) is 1. The average molecular weight is 195 g/mol. The Morgan fingerprint density at radius 3 is 2.85 bits per heavy atom. The molecule has 2 aromatic rings. The fourth-order valence-corrected chi connectivity index (χ4v) is 1.67. The molecule has 0 spiro atoms. The van der Waals surface area contributed by atoms with E-state index in [1.54, 1.807) is 0 Å². The number of aromatic nitrogens is 2. The molecule has 0 radical (unpaired) electrons. The normalized spacial score (nSPS) is 10.6. The van der Waals surface area contributed by atoms with Gasteiger partial charge in [-0.05, 0) is 19.1 Å². The summed E-state index contributed by atoms with van der Waals surface area (Å²) in [5, 5.41) is 9.48. The van der Waals surface area contributed by atoms with Crippen molar-refractivity contribution < 1.29 is 4.42 Å². The molecule has 0 aliphatic carbocycles. The van der Waals surface area contributed by atoms with Gasteiger partial charge in [-0.1, -0.05) is 11.3 Å². The van der Waals surface area contributed by atoms with Crippen molar-refractivity contribution in [1.82, 2.24) is 10.2 Å². The van der Waals surface area contributed by atoms with Crippen molar-refractivity contribution in [2.45, 2.75) is 13.5 Å². The number of aryl methyl sites for hydroxylation is 1. The van der Waals surface area contributed by atoms with E-state index in [4.69, 9.17) is 10.2 Å². The summed E-state index contributed by atoms with van der Waals surface area (Å²) in [7, 11) is 0. The van der Waals surface area contributed by atoms with Gasteiger partial charge in [0.1, 0.15) is 10.8 Å². The quantitative estimate of drug-likeness (QED) is 0.789. The number of nitrogens with zero attached hydrogens (tertiary/aromatic N) is 2. The Morgan fingerprint density at radius 2 is 2.31 bits per heavy atom. The fraction of sp³-hybridized carbons (Fsp3) is 0.250. The molecule has 2 heterocycles. The van der Waals surface area contributed by atoms with E-state index >= 15 is 0 Å². The van der Waals surface area contributed by atoms with Crippen molar-refractivity contribution in [2.75, 3.05) is 0 Å². The Kier molecular flexibility index (Phi) is 2.12. The molecule has 68 valence electrons. The minimum absolute atomic E-state index is 0.428. The van der Waals surface area contributed by atoms with E-state index in [1.165, 1.54) is 11.3 Å². The van der Waals surface area contributed by atoms with Gasteiger partial charge in [-0.15, -0.1) is 10.2 Å². The van der Waals surface area contributed by atoms with Crippen LogP contribution < -0.4 is 5.73 Å². The third-order valence-corrected chi connectivity index (χ3v) is 2.55. The van der Waals surface area contributed by atoms with Crippen molar-refractivity contribution in [1.29, 1.82) is 0 Å². The highest BCUT2D eigenvalue weighted by atomic mass is 32.1. The molecule has 0 aromatic carbocycles. The van der Waals surface area contributed by atoms with Crippen LogP contribution in [0, 0.1) is 6.92 Å². The van der Waals surface area contributed by atoms with Gasteiger partial charge in [0, 0.05) is 6.54 Å². The molecule has 0 aliphatic heterocycles. The lowest BCUT2D eigenvalue weighted by Gasteiger charge is -1.85. The molecule has 0 atom stereocenters. The maximum atomic E-state index is 5.42. The summed E-state index contributed by atoms with van der Waals surface area (Å²) < 4.78 is 5.39. The monoisotopic (exact) mass is 195 g/mol. The molecule has 5 heteroatoms. The van der Waals surface area contributed by atoms with Crippen molar-refractivity contribution >= 4 is 11.3 Å². The van der Waals surface area contributed by atoms with Gasteiger partial charge in [0.2, 0.25) is 0 Å². The number of hydrogen-bond acceptors (Lipinski definition) is 5. The van der Waals surface area contributed by atoms with Crippen LogP contribution in [0.4, 0.5) is 0 Å². The average Bonchev–Trinajstić information content (AvgIpc) is 2.71. The molecule has 13 heavy (non-hydrogen) atoms. The molecule has 0 aliphatic rings. The van der Waals surface area contributed by atoms with Crippen LogP contribution in [0.2, 0.25) is 0 Å². The highest BCUT2D eigenvalue weighted by Crippen LogP contribution is 2.24. The standard InChI is InChI=1S/C8H9N3OS/c1-5-2-3-6(12-5)8-11-10-7(4-9)13-8/h2-3H,4,9H2,1H3. The predicted molar refractivity (Wildman–Crippen MR) is 50.2 cm³/mol. The zero-order valence-electron chi connectivity index (χ0n) is 7.15. The summed E-state index contributed by atoms with van der Waals surface area (Å²) >= 11 is 1.46. The molecule has 2 rings (SSSR count). The highest BCUT2D eigenvalue weighted by Gasteiger charge is 2.08. The topological polar surface area (TPSA) is 64.9 Å². The van der Waals surface area contributed by atoms with Crippen LogP contribution in [0.25, 0.3) is 10.8 Å². The van der Waals surface area contributed by atoms with Crippen molar-refractivity contribution in [3.05, 3.63) is 22.9 Å². The van der Waals surface area contributed by atoms with Crippen LogP contribution in [-0.2, 0) is 6.54 Å². The molecular weight excluding hydrogens is 186 g/mol. The molecule has 2 N–H and O–H groups in total. The Bertz CT molecular complexity index is 407. The van der Waals surface area contributed by atoms with Crippen LogP contribution in [0.15, 0.2) is 16.5 Å². The molecule has 0 bridgehead atoms. The summed E-state index contributed by atoms with van der Waals surface area (Å²) in [4.78, 5) is 0. The zero-order chi connectivity index (χ0) is 9.26. The summed E-state index contributed by atoms with van der Waals surface area (Å²) in [6.45, 7) is 2.33. The predicted octanol–water partition coefficient (Wildman–Crippen LogP) is 1.57. The zero-order valence-corrected chi connectivity index (χ0v) is 7.97. The van der Waals surface area contributed by atoms with Gasteiger partial charge < -0.3 is 10.2 Å². The molecule has 0 saturated carbocycles. The summed E-state index contributed by atoms with van der Waals surface area (Å²) in [5.41, 5.74) is 5.42. The van der Waals surface area contributed by atoms with Gasteiger partial charge in [-0.3, -0.25) is 0 Å². The largest absolute Gasteiger partial charge is 0.459 e. The molecule has 2 aromatic heterocycles. The first kappa shape index (κ1) is 8.40. The van der Waals surface area contributed by atoms with Crippen molar-refractivity contribution in [3.8, 4) is 10.8 Å². The maximum absolute atomic E-state index is 5.42.